The van der Waals surface area contributed by atoms with Gasteiger partial charge in [-0.15, -0.1) is 0 Å². The predicted molar refractivity (Wildman–Crippen MR) is 92.9 cm³/mol. The molecule has 0 atom stereocenters. The lowest BCUT2D eigenvalue weighted by Crippen LogP contribution is -2.44. The Bertz CT molecular complexity index is 682. The molecule has 0 aliphatic carbocycles. The van der Waals surface area contributed by atoms with Crippen LogP contribution in [0, 0.1) is 5.82 Å². The van der Waals surface area contributed by atoms with Gasteiger partial charge in [-0.05, 0) is 42.9 Å². The van der Waals surface area contributed by atoms with Gasteiger partial charge in [0.15, 0.2) is 5.11 Å². The van der Waals surface area contributed by atoms with Crippen molar-refractivity contribution in [3.63, 3.8) is 0 Å². The third-order valence-electron chi connectivity index (χ3n) is 3.43. The molecule has 1 aromatic carbocycles. The lowest BCUT2D eigenvalue weighted by atomic mass is 10.3. The number of hydrogen-bond acceptors (Lipinski definition) is 4. The van der Waals surface area contributed by atoms with E-state index < -0.39 is 0 Å². The molecule has 25 heavy (non-hydrogen) atoms. The highest BCUT2D eigenvalue weighted by Gasteiger charge is 2.32. The Morgan fingerprint density at radius 2 is 1.92 bits per heavy atom. The lowest BCUT2D eigenvalue weighted by molar-refractivity contribution is -0.126. The number of hydrogen-bond donors (Lipinski definition) is 3. The van der Waals surface area contributed by atoms with Crippen LogP contribution < -0.4 is 16.2 Å². The molecule has 0 aromatic heterocycles. The van der Waals surface area contributed by atoms with Crippen LogP contribution >= 0.6 is 12.2 Å². The molecule has 0 radical (unpaired) electrons. The molecule has 1 fully saturated rings. The van der Waals surface area contributed by atoms with Crippen LogP contribution in [0.5, 0.6) is 0 Å². The van der Waals surface area contributed by atoms with Gasteiger partial charge in [-0.25, -0.2) is 9.18 Å². The van der Waals surface area contributed by atoms with E-state index in [0.717, 1.165) is 4.90 Å². The van der Waals surface area contributed by atoms with Crippen molar-refractivity contribution in [1.29, 1.82) is 0 Å². The van der Waals surface area contributed by atoms with Crippen LogP contribution in [0.4, 0.5) is 14.9 Å². The van der Waals surface area contributed by atoms with Crippen LogP contribution in [0.1, 0.15) is 12.8 Å². The molecule has 134 valence electrons. The molecule has 0 saturated carbocycles. The highest BCUT2D eigenvalue weighted by atomic mass is 32.1. The first kappa shape index (κ1) is 18.6. The van der Waals surface area contributed by atoms with E-state index in [2.05, 4.69) is 16.2 Å². The van der Waals surface area contributed by atoms with Crippen LogP contribution in [0.3, 0.4) is 0 Å². The van der Waals surface area contributed by atoms with Crippen molar-refractivity contribution in [1.82, 2.24) is 20.7 Å². The van der Waals surface area contributed by atoms with Crippen LogP contribution in [0.25, 0.3) is 0 Å². The molecule has 0 spiro atoms. The summed E-state index contributed by atoms with van der Waals surface area (Å²) in [5.41, 5.74) is 5.50. The first-order valence-corrected chi connectivity index (χ1v) is 7.94. The predicted octanol–water partition coefficient (Wildman–Crippen LogP) is 0.818. The van der Waals surface area contributed by atoms with Crippen molar-refractivity contribution in [3.8, 4) is 0 Å². The average Bonchev–Trinajstić information content (AvgIpc) is 2.81. The summed E-state index contributed by atoms with van der Waals surface area (Å²) < 4.78 is 12.8. The molecule has 1 saturated heterocycles. The molecule has 0 unspecified atom stereocenters. The zero-order valence-electron chi connectivity index (χ0n) is 13.5. The van der Waals surface area contributed by atoms with Gasteiger partial charge in [0.1, 0.15) is 12.4 Å². The summed E-state index contributed by atoms with van der Waals surface area (Å²) in [6.45, 7) is 0.254. The third-order valence-corrected chi connectivity index (χ3v) is 3.64. The number of likely N-dealkylation sites (N-methyl/N-ethyl adjacent to an activating group) is 1. The van der Waals surface area contributed by atoms with Gasteiger partial charge in [0.05, 0.1) is 0 Å². The average molecular weight is 367 g/mol. The van der Waals surface area contributed by atoms with Crippen LogP contribution in [0.15, 0.2) is 24.3 Å². The first-order valence-electron chi connectivity index (χ1n) is 7.53. The zero-order chi connectivity index (χ0) is 18.4. The first-order chi connectivity index (χ1) is 11.9. The summed E-state index contributed by atoms with van der Waals surface area (Å²) in [6, 6.07) is 5.22. The number of anilines is 1. The number of nitrogens with one attached hydrogen (secondary N) is 3. The Labute approximate surface area is 149 Å². The number of imide groups is 1. The van der Waals surface area contributed by atoms with Gasteiger partial charge in [0.2, 0.25) is 11.8 Å². The maximum absolute atomic E-state index is 12.8. The summed E-state index contributed by atoms with van der Waals surface area (Å²) >= 11 is 5.00. The minimum atomic E-state index is -0.362. The molecule has 8 nitrogen and oxygen atoms in total. The van der Waals surface area contributed by atoms with E-state index in [-0.39, 0.29) is 48.3 Å². The van der Waals surface area contributed by atoms with E-state index in [4.69, 9.17) is 12.2 Å². The number of amides is 4. The maximum Gasteiger partial charge on any atom is 0.326 e. The van der Waals surface area contributed by atoms with E-state index in [9.17, 15) is 18.8 Å². The molecule has 1 aliphatic heterocycles. The number of hydrazine groups is 1. The molecule has 10 heteroatoms. The molecule has 0 bridgehead atoms. The number of carbonyl (C=O) groups excluding carboxylic acids is 3. The second-order valence-electron chi connectivity index (χ2n) is 5.42. The topological polar surface area (TPSA) is 93.8 Å². The summed E-state index contributed by atoms with van der Waals surface area (Å²) in [7, 11) is 1.55. The minimum absolute atomic E-state index is 0.0654. The Balaban J connectivity index is 1.65. The maximum atomic E-state index is 12.8. The van der Waals surface area contributed by atoms with Gasteiger partial charge in [-0.2, -0.15) is 0 Å². The van der Waals surface area contributed by atoms with E-state index in [1.807, 2.05) is 0 Å². The Hall–Kier alpha value is -2.75. The summed E-state index contributed by atoms with van der Waals surface area (Å²) in [5.74, 6) is -0.967. The largest absolute Gasteiger partial charge is 0.331 e. The second-order valence-corrected chi connectivity index (χ2v) is 5.83. The minimum Gasteiger partial charge on any atom is -0.331 e. The van der Waals surface area contributed by atoms with Crippen molar-refractivity contribution < 1.29 is 18.8 Å². The van der Waals surface area contributed by atoms with E-state index >= 15 is 0 Å². The lowest BCUT2D eigenvalue weighted by Gasteiger charge is -2.14. The van der Waals surface area contributed by atoms with E-state index in [1.165, 1.54) is 29.2 Å². The third kappa shape index (κ3) is 5.38. The number of urea groups is 1. The zero-order valence-corrected chi connectivity index (χ0v) is 14.4. The number of halogens is 1. The number of rotatable bonds is 5. The molecule has 1 heterocycles. The highest BCUT2D eigenvalue weighted by molar-refractivity contribution is 7.80. The number of thiocarbonyl (C=S) groups is 1. The SMILES string of the molecule is CN1CC(=O)N(CCCC(=O)NNC(=S)Nc2ccc(F)cc2)C1=O. The smallest absolute Gasteiger partial charge is 0.326 e. The molecule has 1 aliphatic rings. The van der Waals surface area contributed by atoms with Gasteiger partial charge in [-0.3, -0.25) is 25.3 Å². The second kappa shape index (κ2) is 8.38. The fourth-order valence-corrected chi connectivity index (χ4v) is 2.34. The fraction of sp³-hybridized carbons (Fsp3) is 0.333. The van der Waals surface area contributed by atoms with Gasteiger partial charge in [0.25, 0.3) is 0 Å². The normalized spacial score (nSPS) is 13.8. The van der Waals surface area contributed by atoms with E-state index in [0.29, 0.717) is 12.1 Å². The molecule has 2 rings (SSSR count). The standard InChI is InChI=1S/C15H18FN5O3S/c1-20-9-13(23)21(15(20)24)8-2-3-12(22)18-19-14(25)17-11-6-4-10(16)5-7-11/h4-7H,2-3,8-9H2,1H3,(H,18,22)(H2,17,19,25). The number of nitrogens with zero attached hydrogens (tertiary/aromatic N) is 2. The Morgan fingerprint density at radius 3 is 2.52 bits per heavy atom. The Morgan fingerprint density at radius 1 is 1.24 bits per heavy atom. The molecular weight excluding hydrogens is 349 g/mol. The van der Waals surface area contributed by atoms with Gasteiger partial charge in [-0.1, -0.05) is 0 Å². The van der Waals surface area contributed by atoms with E-state index in [1.54, 1.807) is 7.05 Å². The van der Waals surface area contributed by atoms with Crippen molar-refractivity contribution in [2.75, 3.05) is 25.5 Å². The molecular formula is C15H18FN5O3S. The van der Waals surface area contributed by atoms with Crippen molar-refractivity contribution in [2.45, 2.75) is 12.8 Å². The summed E-state index contributed by atoms with van der Waals surface area (Å²) in [5, 5.41) is 2.92. The Kier molecular flexibility index (Phi) is 6.23. The summed E-state index contributed by atoms with van der Waals surface area (Å²) in [6.07, 6.45) is 0.462. The van der Waals surface area contributed by atoms with Crippen LogP contribution in [0.2, 0.25) is 0 Å². The highest BCUT2D eigenvalue weighted by Crippen LogP contribution is 2.09. The number of benzene rings is 1. The van der Waals surface area contributed by atoms with Crippen molar-refractivity contribution >= 4 is 40.9 Å². The van der Waals surface area contributed by atoms with Gasteiger partial charge < -0.3 is 10.2 Å². The van der Waals surface area contributed by atoms with Gasteiger partial charge in [0, 0.05) is 25.7 Å². The molecule has 3 N–H and O–H groups in total. The summed E-state index contributed by atoms with van der Waals surface area (Å²) in [4.78, 5) is 37.4. The van der Waals surface area contributed by atoms with Gasteiger partial charge >= 0.3 is 6.03 Å². The van der Waals surface area contributed by atoms with Crippen molar-refractivity contribution in [3.05, 3.63) is 30.1 Å². The van der Waals surface area contributed by atoms with Crippen LogP contribution in [-0.2, 0) is 9.59 Å². The van der Waals surface area contributed by atoms with Crippen molar-refractivity contribution in [2.24, 2.45) is 0 Å². The molecule has 1 aromatic rings. The fourth-order valence-electron chi connectivity index (χ4n) is 2.17. The monoisotopic (exact) mass is 367 g/mol. The van der Waals surface area contributed by atoms with Crippen LogP contribution in [-0.4, -0.2) is 52.9 Å². The molecule has 4 amide bonds. The number of carbonyl (C=O) groups is 3. The quantitative estimate of drug-likeness (QED) is 0.405.